The molecule has 0 radical (unpaired) electrons. The summed E-state index contributed by atoms with van der Waals surface area (Å²) in [6.07, 6.45) is 1.61. The predicted molar refractivity (Wildman–Crippen MR) is 70.4 cm³/mol. The lowest BCUT2D eigenvalue weighted by atomic mass is 10.2. The second-order valence-electron chi connectivity index (χ2n) is 4.56. The molecule has 4 heteroatoms. The van der Waals surface area contributed by atoms with Crippen molar-refractivity contribution in [1.29, 1.82) is 0 Å². The van der Waals surface area contributed by atoms with Crippen LogP contribution in [0.2, 0.25) is 0 Å². The molecule has 1 aromatic carbocycles. The molecule has 90 valence electrons. The van der Waals surface area contributed by atoms with Crippen molar-refractivity contribution in [3.63, 3.8) is 0 Å². The van der Waals surface area contributed by atoms with Gasteiger partial charge in [-0.1, -0.05) is 13.0 Å². The number of aliphatic hydroxyl groups is 1. The number of aromatic nitrogens is 1. The van der Waals surface area contributed by atoms with Crippen LogP contribution in [0.3, 0.4) is 0 Å². The third-order valence-electron chi connectivity index (χ3n) is 3.28. The van der Waals surface area contributed by atoms with Crippen molar-refractivity contribution < 1.29 is 5.11 Å². The van der Waals surface area contributed by atoms with Gasteiger partial charge in [-0.05, 0) is 30.5 Å². The molecule has 2 aromatic rings. The van der Waals surface area contributed by atoms with Crippen molar-refractivity contribution in [3.05, 3.63) is 28.8 Å². The Labute approximate surface area is 105 Å². The highest BCUT2D eigenvalue weighted by Gasteiger charge is 2.25. The maximum atomic E-state index is 9.53. The number of hydrogen-bond donors (Lipinski definition) is 2. The molecule has 2 N–H and O–H groups in total. The molecule has 1 aliphatic rings. The second kappa shape index (κ2) is 4.37. The van der Waals surface area contributed by atoms with Gasteiger partial charge in [-0.3, -0.25) is 0 Å². The molecule has 2 unspecified atom stereocenters. The first kappa shape index (κ1) is 11.1. The van der Waals surface area contributed by atoms with Crippen LogP contribution in [-0.4, -0.2) is 22.7 Å². The van der Waals surface area contributed by atoms with Gasteiger partial charge in [0.15, 0.2) is 0 Å². The Hall–Kier alpha value is -0.970. The maximum absolute atomic E-state index is 9.53. The molecular formula is C13H16N2OS. The summed E-state index contributed by atoms with van der Waals surface area (Å²) in [6, 6.07) is 6.69. The van der Waals surface area contributed by atoms with E-state index in [1.807, 2.05) is 0 Å². The molecule has 1 aliphatic heterocycles. The van der Waals surface area contributed by atoms with E-state index < -0.39 is 0 Å². The Morgan fingerprint density at radius 3 is 3.12 bits per heavy atom. The second-order valence-corrected chi connectivity index (χ2v) is 5.62. The highest BCUT2D eigenvalue weighted by Crippen LogP contribution is 2.31. The van der Waals surface area contributed by atoms with Crippen LogP contribution in [0.4, 0.5) is 0 Å². The Morgan fingerprint density at radius 1 is 1.53 bits per heavy atom. The first-order chi connectivity index (χ1) is 8.26. The molecule has 0 bridgehead atoms. The molecule has 2 heterocycles. The summed E-state index contributed by atoms with van der Waals surface area (Å²) in [5.74, 6) is 0. The van der Waals surface area contributed by atoms with Gasteiger partial charge in [0.05, 0.1) is 22.4 Å². The molecule has 0 amide bonds. The average molecular weight is 248 g/mol. The van der Waals surface area contributed by atoms with Crippen LogP contribution < -0.4 is 5.32 Å². The lowest BCUT2D eigenvalue weighted by Gasteiger charge is -2.03. The number of β-amino-alcohol motifs (C(OH)–C–C–N with tert-alkyl or cyclic N) is 1. The molecule has 0 spiro atoms. The fraction of sp³-hybridized carbons (Fsp3) is 0.462. The van der Waals surface area contributed by atoms with E-state index in [0.717, 1.165) is 23.4 Å². The smallest absolute Gasteiger partial charge is 0.111 e. The van der Waals surface area contributed by atoms with Gasteiger partial charge in [0.2, 0.25) is 0 Å². The maximum Gasteiger partial charge on any atom is 0.111 e. The molecule has 17 heavy (non-hydrogen) atoms. The topological polar surface area (TPSA) is 45.2 Å². The summed E-state index contributed by atoms with van der Waals surface area (Å²) in [5, 5.41) is 13.9. The fourth-order valence-electron chi connectivity index (χ4n) is 2.26. The summed E-state index contributed by atoms with van der Waals surface area (Å²) in [4.78, 5) is 4.65. The number of aryl methyl sites for hydroxylation is 1. The number of benzene rings is 1. The van der Waals surface area contributed by atoms with E-state index in [2.05, 4.69) is 35.4 Å². The fourth-order valence-corrected chi connectivity index (χ4v) is 3.38. The molecule has 0 aliphatic carbocycles. The van der Waals surface area contributed by atoms with Gasteiger partial charge in [-0.15, -0.1) is 11.3 Å². The summed E-state index contributed by atoms with van der Waals surface area (Å²) >= 11 is 1.74. The van der Waals surface area contributed by atoms with Crippen LogP contribution in [0, 0.1) is 0 Å². The minimum Gasteiger partial charge on any atom is -0.392 e. The van der Waals surface area contributed by atoms with Gasteiger partial charge in [-0.25, -0.2) is 4.98 Å². The zero-order valence-electron chi connectivity index (χ0n) is 9.81. The van der Waals surface area contributed by atoms with Crippen molar-refractivity contribution in [2.75, 3.05) is 6.54 Å². The van der Waals surface area contributed by atoms with Gasteiger partial charge in [-0.2, -0.15) is 0 Å². The number of nitrogens with one attached hydrogen (secondary N) is 1. The minimum atomic E-state index is -0.224. The Kier molecular flexibility index (Phi) is 2.86. The third kappa shape index (κ3) is 2.08. The van der Waals surface area contributed by atoms with Crippen molar-refractivity contribution >= 4 is 21.6 Å². The third-order valence-corrected chi connectivity index (χ3v) is 4.42. The van der Waals surface area contributed by atoms with Crippen LogP contribution in [0.25, 0.3) is 10.2 Å². The Balaban J connectivity index is 1.96. The highest BCUT2D eigenvalue weighted by molar-refractivity contribution is 7.18. The lowest BCUT2D eigenvalue weighted by molar-refractivity contribution is 0.193. The standard InChI is InChI=1S/C13H16N2OS/c1-2-8-3-4-10-12(5-8)17-13(15-10)11-6-9(16)7-14-11/h3-5,9,11,14,16H,2,6-7H2,1H3. The quantitative estimate of drug-likeness (QED) is 0.857. The summed E-state index contributed by atoms with van der Waals surface area (Å²) in [6.45, 7) is 2.85. The summed E-state index contributed by atoms with van der Waals surface area (Å²) in [7, 11) is 0. The first-order valence-electron chi connectivity index (χ1n) is 6.07. The normalized spacial score (nSPS) is 24.6. The number of nitrogens with zero attached hydrogens (tertiary/aromatic N) is 1. The summed E-state index contributed by atoms with van der Waals surface area (Å²) < 4.78 is 1.25. The van der Waals surface area contributed by atoms with Crippen LogP contribution in [0.15, 0.2) is 18.2 Å². The molecule has 1 fully saturated rings. The van der Waals surface area contributed by atoms with E-state index in [1.165, 1.54) is 10.3 Å². The van der Waals surface area contributed by atoms with Crippen molar-refractivity contribution in [1.82, 2.24) is 10.3 Å². The zero-order chi connectivity index (χ0) is 11.8. The van der Waals surface area contributed by atoms with Crippen LogP contribution in [-0.2, 0) is 6.42 Å². The monoisotopic (exact) mass is 248 g/mol. The minimum absolute atomic E-state index is 0.224. The molecule has 3 nitrogen and oxygen atoms in total. The molecule has 1 aromatic heterocycles. The van der Waals surface area contributed by atoms with Gasteiger partial charge in [0.1, 0.15) is 5.01 Å². The molecule has 1 saturated heterocycles. The highest BCUT2D eigenvalue weighted by atomic mass is 32.1. The number of hydrogen-bond acceptors (Lipinski definition) is 4. The van der Waals surface area contributed by atoms with Crippen LogP contribution >= 0.6 is 11.3 Å². The van der Waals surface area contributed by atoms with Gasteiger partial charge >= 0.3 is 0 Å². The summed E-state index contributed by atoms with van der Waals surface area (Å²) in [5.41, 5.74) is 2.43. The van der Waals surface area contributed by atoms with Gasteiger partial charge in [0.25, 0.3) is 0 Å². The molecule has 2 atom stereocenters. The van der Waals surface area contributed by atoms with E-state index in [4.69, 9.17) is 0 Å². The van der Waals surface area contributed by atoms with Crippen LogP contribution in [0.5, 0.6) is 0 Å². The Bertz CT molecular complexity index is 537. The zero-order valence-corrected chi connectivity index (χ0v) is 10.6. The van der Waals surface area contributed by atoms with E-state index in [0.29, 0.717) is 6.54 Å². The SMILES string of the molecule is CCc1ccc2nc(C3CC(O)CN3)sc2c1. The van der Waals surface area contributed by atoms with Gasteiger partial charge in [0, 0.05) is 6.54 Å². The number of rotatable bonds is 2. The van der Waals surface area contributed by atoms with Crippen molar-refractivity contribution in [2.24, 2.45) is 0 Å². The Morgan fingerprint density at radius 2 is 2.41 bits per heavy atom. The number of aliphatic hydroxyl groups excluding tert-OH is 1. The average Bonchev–Trinajstić information content (AvgIpc) is 2.93. The van der Waals surface area contributed by atoms with E-state index in [-0.39, 0.29) is 12.1 Å². The lowest BCUT2D eigenvalue weighted by Crippen LogP contribution is -2.14. The number of thiazole rings is 1. The van der Waals surface area contributed by atoms with Crippen molar-refractivity contribution in [3.8, 4) is 0 Å². The van der Waals surface area contributed by atoms with Crippen LogP contribution in [0.1, 0.15) is 30.0 Å². The van der Waals surface area contributed by atoms with E-state index >= 15 is 0 Å². The predicted octanol–water partition coefficient (Wildman–Crippen LogP) is 2.25. The van der Waals surface area contributed by atoms with Gasteiger partial charge < -0.3 is 10.4 Å². The first-order valence-corrected chi connectivity index (χ1v) is 6.88. The largest absolute Gasteiger partial charge is 0.392 e. The molecular weight excluding hydrogens is 232 g/mol. The molecule has 0 saturated carbocycles. The van der Waals surface area contributed by atoms with E-state index in [9.17, 15) is 5.11 Å². The molecule has 3 rings (SSSR count). The van der Waals surface area contributed by atoms with E-state index in [1.54, 1.807) is 11.3 Å². The number of fused-ring (bicyclic) bond motifs is 1. The van der Waals surface area contributed by atoms with Crippen molar-refractivity contribution in [2.45, 2.75) is 31.9 Å².